The Balaban J connectivity index is 2.72. The molecule has 0 amide bonds. The number of aryl methyl sites for hydroxylation is 1. The fourth-order valence-electron chi connectivity index (χ4n) is 1.03. The van der Waals surface area contributed by atoms with E-state index in [1.54, 1.807) is 0 Å². The molecule has 0 unspecified atom stereocenters. The van der Waals surface area contributed by atoms with E-state index in [9.17, 15) is 4.39 Å². The average Bonchev–Trinajstić information content (AvgIpc) is 2.21. The van der Waals surface area contributed by atoms with Crippen molar-refractivity contribution in [3.63, 3.8) is 0 Å². The maximum atomic E-state index is 13.5. The van der Waals surface area contributed by atoms with E-state index in [1.807, 2.05) is 6.92 Å². The summed E-state index contributed by atoms with van der Waals surface area (Å²) in [4.78, 5) is 7.61. The summed E-state index contributed by atoms with van der Waals surface area (Å²) in [5.41, 5.74) is 0.420. The third-order valence-electron chi connectivity index (χ3n) is 1.76. The number of hydrogen-bond donors (Lipinski definition) is 1. The quantitative estimate of drug-likeness (QED) is 0.583. The molecule has 1 rings (SSSR count). The highest BCUT2D eigenvalue weighted by Crippen LogP contribution is 2.12. The molecule has 1 aromatic heterocycles. The number of hydrogen-bond acceptors (Lipinski definition) is 3. The molecule has 0 bridgehead atoms. The van der Waals surface area contributed by atoms with Crippen LogP contribution in [0.15, 0.2) is 6.33 Å². The number of rotatable bonds is 4. The van der Waals surface area contributed by atoms with Gasteiger partial charge >= 0.3 is 0 Å². The Hall–Kier alpha value is -1.63. The van der Waals surface area contributed by atoms with Crippen molar-refractivity contribution in [2.24, 2.45) is 0 Å². The van der Waals surface area contributed by atoms with Crippen LogP contribution in [0, 0.1) is 18.2 Å². The van der Waals surface area contributed by atoms with Crippen LogP contribution in [-0.4, -0.2) is 16.5 Å². The lowest BCUT2D eigenvalue weighted by atomic mass is 10.3. The SMILES string of the molecule is C#CCCNc1ncnc(CC)c1F. The van der Waals surface area contributed by atoms with Gasteiger partial charge in [0.2, 0.25) is 0 Å². The Morgan fingerprint density at radius 2 is 2.36 bits per heavy atom. The number of nitrogens with one attached hydrogen (secondary N) is 1. The van der Waals surface area contributed by atoms with Crippen molar-refractivity contribution in [1.82, 2.24) is 9.97 Å². The molecule has 0 radical (unpaired) electrons. The van der Waals surface area contributed by atoms with Crippen molar-refractivity contribution in [2.75, 3.05) is 11.9 Å². The van der Waals surface area contributed by atoms with Gasteiger partial charge in [-0.3, -0.25) is 0 Å². The third-order valence-corrected chi connectivity index (χ3v) is 1.76. The highest BCUT2D eigenvalue weighted by Gasteiger charge is 2.07. The van der Waals surface area contributed by atoms with Crippen LogP contribution in [0.3, 0.4) is 0 Å². The first kappa shape index (κ1) is 10.5. The van der Waals surface area contributed by atoms with Crippen LogP contribution in [0.25, 0.3) is 0 Å². The Morgan fingerprint density at radius 1 is 1.57 bits per heavy atom. The number of anilines is 1. The van der Waals surface area contributed by atoms with Crippen molar-refractivity contribution in [1.29, 1.82) is 0 Å². The van der Waals surface area contributed by atoms with Crippen LogP contribution in [0.1, 0.15) is 19.0 Å². The summed E-state index contributed by atoms with van der Waals surface area (Å²) in [7, 11) is 0. The number of nitrogens with zero attached hydrogens (tertiary/aromatic N) is 2. The lowest BCUT2D eigenvalue weighted by Gasteiger charge is -2.06. The molecule has 0 aliphatic heterocycles. The first-order valence-electron chi connectivity index (χ1n) is 4.46. The van der Waals surface area contributed by atoms with Crippen molar-refractivity contribution in [3.8, 4) is 12.3 Å². The molecule has 0 fully saturated rings. The molecule has 0 aromatic carbocycles. The fourth-order valence-corrected chi connectivity index (χ4v) is 1.03. The van der Waals surface area contributed by atoms with E-state index >= 15 is 0 Å². The van der Waals surface area contributed by atoms with Gasteiger partial charge in [0.25, 0.3) is 0 Å². The Bertz CT molecular complexity index is 344. The smallest absolute Gasteiger partial charge is 0.186 e. The van der Waals surface area contributed by atoms with Gasteiger partial charge < -0.3 is 5.32 Å². The predicted octanol–water partition coefficient (Wildman–Crippen LogP) is 1.61. The lowest BCUT2D eigenvalue weighted by molar-refractivity contribution is 0.597. The van der Waals surface area contributed by atoms with Crippen LogP contribution in [0.2, 0.25) is 0 Å². The van der Waals surface area contributed by atoms with Crippen molar-refractivity contribution in [3.05, 3.63) is 17.8 Å². The summed E-state index contributed by atoms with van der Waals surface area (Å²) in [5.74, 6) is 2.30. The van der Waals surface area contributed by atoms with E-state index in [0.717, 1.165) is 0 Å². The molecule has 14 heavy (non-hydrogen) atoms. The Kier molecular flexibility index (Phi) is 3.86. The zero-order valence-electron chi connectivity index (χ0n) is 8.05. The summed E-state index contributed by atoms with van der Waals surface area (Å²) >= 11 is 0. The number of halogens is 1. The highest BCUT2D eigenvalue weighted by atomic mass is 19.1. The molecule has 0 saturated heterocycles. The minimum atomic E-state index is -0.382. The van der Waals surface area contributed by atoms with Crippen LogP contribution >= 0.6 is 0 Å². The first-order chi connectivity index (χ1) is 6.79. The highest BCUT2D eigenvalue weighted by molar-refractivity contribution is 5.37. The molecule has 0 saturated carbocycles. The second-order valence-electron chi connectivity index (χ2n) is 2.72. The van der Waals surface area contributed by atoms with Crippen LogP contribution in [0.4, 0.5) is 10.2 Å². The second kappa shape index (κ2) is 5.18. The summed E-state index contributed by atoms with van der Waals surface area (Å²) < 4.78 is 13.5. The molecule has 74 valence electrons. The molecular formula is C10H12FN3. The standard InChI is InChI=1S/C10H12FN3/c1-3-5-6-12-10-9(11)8(4-2)13-7-14-10/h1,7H,4-6H2,2H3,(H,12,13,14). The van der Waals surface area contributed by atoms with E-state index in [4.69, 9.17) is 6.42 Å². The molecule has 0 aliphatic carbocycles. The van der Waals surface area contributed by atoms with Gasteiger partial charge in [-0.1, -0.05) is 6.92 Å². The number of terminal acetylenes is 1. The van der Waals surface area contributed by atoms with Gasteiger partial charge in [-0.25, -0.2) is 14.4 Å². The summed E-state index contributed by atoms with van der Waals surface area (Å²) in [6, 6.07) is 0. The maximum Gasteiger partial charge on any atom is 0.186 e. The topological polar surface area (TPSA) is 37.8 Å². The molecule has 3 nitrogen and oxygen atoms in total. The molecule has 4 heteroatoms. The van der Waals surface area contributed by atoms with Gasteiger partial charge in [-0.15, -0.1) is 12.3 Å². The molecule has 0 spiro atoms. The molecule has 1 N–H and O–H groups in total. The Labute approximate surface area is 82.8 Å². The average molecular weight is 193 g/mol. The summed E-state index contributed by atoms with van der Waals surface area (Å²) in [5, 5.41) is 2.82. The van der Waals surface area contributed by atoms with E-state index in [1.165, 1.54) is 6.33 Å². The third kappa shape index (κ3) is 2.43. The molecular weight excluding hydrogens is 181 g/mol. The van der Waals surface area contributed by atoms with Gasteiger partial charge in [0.1, 0.15) is 6.33 Å². The second-order valence-corrected chi connectivity index (χ2v) is 2.72. The fraction of sp³-hybridized carbons (Fsp3) is 0.400. The molecule has 0 atom stereocenters. The zero-order chi connectivity index (χ0) is 10.4. The summed E-state index contributed by atoms with van der Waals surface area (Å²) in [6.45, 7) is 2.37. The minimum absolute atomic E-state index is 0.229. The lowest BCUT2D eigenvalue weighted by Crippen LogP contribution is -2.07. The van der Waals surface area contributed by atoms with Gasteiger partial charge in [-0.05, 0) is 6.42 Å². The van der Waals surface area contributed by atoms with E-state index in [0.29, 0.717) is 25.1 Å². The first-order valence-corrected chi connectivity index (χ1v) is 4.46. The van der Waals surface area contributed by atoms with Gasteiger partial charge in [0, 0.05) is 13.0 Å². The van der Waals surface area contributed by atoms with E-state index in [-0.39, 0.29) is 11.6 Å². The van der Waals surface area contributed by atoms with Crippen molar-refractivity contribution >= 4 is 5.82 Å². The monoisotopic (exact) mass is 193 g/mol. The van der Waals surface area contributed by atoms with Gasteiger partial charge in [-0.2, -0.15) is 0 Å². The predicted molar refractivity (Wildman–Crippen MR) is 53.3 cm³/mol. The molecule has 0 aliphatic rings. The zero-order valence-corrected chi connectivity index (χ0v) is 8.05. The van der Waals surface area contributed by atoms with Gasteiger partial charge in [0.15, 0.2) is 11.6 Å². The van der Waals surface area contributed by atoms with Crippen LogP contribution in [0.5, 0.6) is 0 Å². The number of aromatic nitrogens is 2. The van der Waals surface area contributed by atoms with E-state index < -0.39 is 0 Å². The van der Waals surface area contributed by atoms with Crippen molar-refractivity contribution in [2.45, 2.75) is 19.8 Å². The van der Waals surface area contributed by atoms with Crippen molar-refractivity contribution < 1.29 is 4.39 Å². The Morgan fingerprint density at radius 3 is 3.00 bits per heavy atom. The normalized spacial score (nSPS) is 9.50. The molecule has 1 heterocycles. The maximum absolute atomic E-state index is 13.5. The minimum Gasteiger partial charge on any atom is -0.367 e. The van der Waals surface area contributed by atoms with Crippen LogP contribution < -0.4 is 5.32 Å². The largest absolute Gasteiger partial charge is 0.367 e. The molecule has 1 aromatic rings. The van der Waals surface area contributed by atoms with E-state index in [2.05, 4.69) is 21.2 Å². The van der Waals surface area contributed by atoms with Crippen LogP contribution in [-0.2, 0) is 6.42 Å². The summed E-state index contributed by atoms with van der Waals surface area (Å²) in [6.07, 6.45) is 7.52. The van der Waals surface area contributed by atoms with Gasteiger partial charge in [0.05, 0.1) is 5.69 Å².